The Kier molecular flexibility index (Phi) is 18.1. The lowest BCUT2D eigenvalue weighted by atomic mass is 9.80. The topological polar surface area (TPSA) is 0 Å². The summed E-state index contributed by atoms with van der Waals surface area (Å²) in [6.45, 7) is 4.80. The van der Waals surface area contributed by atoms with E-state index in [0.29, 0.717) is 0 Å². The molecule has 0 amide bonds. The van der Waals surface area contributed by atoms with E-state index in [-0.39, 0.29) is 5.41 Å². The van der Waals surface area contributed by atoms with Crippen LogP contribution in [0.25, 0.3) is 262 Å². The van der Waals surface area contributed by atoms with Gasteiger partial charge in [0.15, 0.2) is 0 Å². The number of hydrogen-bond donors (Lipinski definition) is 0. The van der Waals surface area contributed by atoms with Gasteiger partial charge in [-0.05, 0) is 310 Å². The van der Waals surface area contributed by atoms with Gasteiger partial charge >= 0.3 is 0 Å². The van der Waals surface area contributed by atoms with E-state index in [2.05, 4.69) is 499 Å². The second-order valence-electron chi connectivity index (χ2n) is 36.6. The maximum Gasteiger partial charge on any atom is 0.0159 e. The molecule has 27 aromatic carbocycles. The molecule has 0 heteroatoms. The Bertz CT molecular complexity index is 8760. The van der Waals surface area contributed by atoms with E-state index < -0.39 is 0 Å². The summed E-state index contributed by atoms with van der Waals surface area (Å²) in [5, 5.41) is 36.4. The highest BCUT2D eigenvalue weighted by atomic mass is 14.4. The van der Waals surface area contributed by atoms with Crippen LogP contribution in [0.2, 0.25) is 0 Å². The van der Waals surface area contributed by atoms with Gasteiger partial charge < -0.3 is 0 Å². The molecule has 0 heterocycles. The molecule has 0 atom stereocenters. The minimum Gasteiger partial charge on any atom is -0.0622 e. The van der Waals surface area contributed by atoms with Gasteiger partial charge in [-0.1, -0.05) is 463 Å². The summed E-state index contributed by atoms with van der Waals surface area (Å²) in [5.74, 6) is 0. The van der Waals surface area contributed by atoms with E-state index in [1.165, 1.54) is 273 Å². The second-order valence-corrected chi connectivity index (χ2v) is 36.6. The lowest BCUT2D eigenvalue weighted by Crippen LogP contribution is -2.15. The number of benzene rings is 27. The SMILES string of the molecule is CC1(C)c2cc(-c3ccc4ccc5cccc6ccc3c4c56)ccc2-c2ccc(-c3ccc4ccc5cccc6ccc3c4c56)cc21.c1ccc(-c2c3ccccc3c(-c3ccccc3)c3cc(-c4ccc5c(-c6ccccc6)c6ccccc6c(-c6ccccc6)c5c4)ccc23)cc1.c1ccc2cc(-c3c4ccccc4c(-c4ccc5ccccc5c4)c4ccccc34)ccc2c1. The van der Waals surface area contributed by atoms with Gasteiger partial charge in [0, 0.05) is 5.41 Å². The van der Waals surface area contributed by atoms with Crippen molar-refractivity contribution in [1.29, 1.82) is 0 Å². The van der Waals surface area contributed by atoms with Crippen molar-refractivity contribution in [3.8, 4) is 111 Å². The lowest BCUT2D eigenvalue weighted by molar-refractivity contribution is 0.661. The normalized spacial score (nSPS) is 12.3. The molecule has 0 spiro atoms. The molecule has 0 unspecified atom stereocenters. The van der Waals surface area contributed by atoms with E-state index in [0.717, 1.165) is 0 Å². The van der Waals surface area contributed by atoms with Gasteiger partial charge in [0.25, 0.3) is 0 Å². The molecule has 0 saturated heterocycles. The highest BCUT2D eigenvalue weighted by molar-refractivity contribution is 6.30. The van der Waals surface area contributed by atoms with Crippen LogP contribution < -0.4 is 0 Å². The van der Waals surface area contributed by atoms with Crippen molar-refractivity contribution in [3.05, 3.63) is 496 Å². The Hall–Kier alpha value is -16.9. The maximum atomic E-state index is 2.47. The molecule has 0 saturated carbocycles. The Labute approximate surface area is 772 Å². The highest BCUT2D eigenvalue weighted by Gasteiger charge is 2.37. The van der Waals surface area contributed by atoms with E-state index in [1.54, 1.807) is 0 Å². The average Bonchev–Trinajstić information content (AvgIpc) is 1.55. The van der Waals surface area contributed by atoms with Crippen molar-refractivity contribution < 1.29 is 0 Å². The lowest BCUT2D eigenvalue weighted by Gasteiger charge is -2.23. The number of rotatable bonds is 9. The predicted molar refractivity (Wildman–Crippen MR) is 573 cm³/mol. The number of fused-ring (bicyclic) bond motifs is 11. The summed E-state index contributed by atoms with van der Waals surface area (Å²) in [6.07, 6.45) is 0. The first-order valence-electron chi connectivity index (χ1n) is 46.5. The zero-order valence-corrected chi connectivity index (χ0v) is 73.7. The van der Waals surface area contributed by atoms with E-state index in [4.69, 9.17) is 0 Å². The van der Waals surface area contributed by atoms with Crippen molar-refractivity contribution >= 4 is 151 Å². The van der Waals surface area contributed by atoms with Gasteiger partial charge in [-0.3, -0.25) is 0 Å². The molecule has 0 nitrogen and oxygen atoms in total. The molecule has 1 aliphatic rings. The fourth-order valence-electron chi connectivity index (χ4n) is 22.9. The highest BCUT2D eigenvalue weighted by Crippen LogP contribution is 2.55. The van der Waals surface area contributed by atoms with Crippen molar-refractivity contribution in [2.24, 2.45) is 0 Å². The standard InChI is InChI=1S/C52H34.C47H30.C34H22/c1-5-17-35(18-6-1)49-41-25-13-15-27-43(41)51(37-21-9-3-10-22-37)47-33-39(29-31-45(47)49)40-30-32-46-48(34-40)52(38-23-11-4-12-24-38)44-28-16-14-26-42(44)50(46)36-19-7-2-8-20-36;1-47(2)41-25-33(35-19-13-31-11-9-27-5-3-7-29-15-23-39(35)45(31)43(27)29)17-21-37(41)38-22-18-34(26-42(38)47)36-20-14-32-12-10-28-6-4-8-30-16-24-40(36)46(32)44(28)30;1-3-11-25-21-27(19-17-23(25)9-1)33-29-13-5-7-15-31(29)34(32-16-8-6-14-30(32)33)28-20-18-24-10-2-4-12-26(24)22-28/h1-34H;3-26H,1-2H3;1-22H. The zero-order valence-electron chi connectivity index (χ0n) is 73.7. The quantitative estimate of drug-likeness (QED) is 0.0998. The molecular formula is C133H86. The molecule has 0 radical (unpaired) electrons. The summed E-state index contributed by atoms with van der Waals surface area (Å²) < 4.78 is 0. The second kappa shape index (κ2) is 31.2. The smallest absolute Gasteiger partial charge is 0.0159 e. The third-order valence-corrected chi connectivity index (χ3v) is 29.0. The summed E-state index contributed by atoms with van der Waals surface area (Å²) in [5.41, 5.74) is 28.1. The summed E-state index contributed by atoms with van der Waals surface area (Å²) in [6, 6.07) is 179. The first-order chi connectivity index (χ1) is 65.7. The fourth-order valence-corrected chi connectivity index (χ4v) is 22.9. The Morgan fingerprint density at radius 3 is 0.684 bits per heavy atom. The van der Waals surface area contributed by atoms with Crippen LogP contribution in [-0.2, 0) is 5.41 Å². The van der Waals surface area contributed by atoms with Crippen LogP contribution >= 0.6 is 0 Å². The van der Waals surface area contributed by atoms with Gasteiger partial charge in [0.05, 0.1) is 0 Å². The molecule has 0 bridgehead atoms. The first kappa shape index (κ1) is 77.3. The molecule has 0 N–H and O–H groups in total. The minimum absolute atomic E-state index is 0.121. The predicted octanol–water partition coefficient (Wildman–Crippen LogP) is 37.4. The van der Waals surface area contributed by atoms with Crippen LogP contribution in [0, 0.1) is 0 Å². The third-order valence-electron chi connectivity index (χ3n) is 29.0. The minimum atomic E-state index is -0.121. The molecule has 133 heavy (non-hydrogen) atoms. The Balaban J connectivity index is 0.000000106. The summed E-state index contributed by atoms with van der Waals surface area (Å²) in [7, 11) is 0. The first-order valence-corrected chi connectivity index (χ1v) is 46.5. The van der Waals surface area contributed by atoms with Crippen LogP contribution in [0.1, 0.15) is 25.0 Å². The van der Waals surface area contributed by atoms with Crippen LogP contribution in [-0.4, -0.2) is 0 Å². The van der Waals surface area contributed by atoms with Crippen molar-refractivity contribution in [3.63, 3.8) is 0 Å². The molecule has 1 aliphatic carbocycles. The Morgan fingerprint density at radius 2 is 0.346 bits per heavy atom. The van der Waals surface area contributed by atoms with E-state index >= 15 is 0 Å². The molecule has 0 fully saturated rings. The molecule has 618 valence electrons. The van der Waals surface area contributed by atoms with Crippen LogP contribution in [0.15, 0.2) is 485 Å². The van der Waals surface area contributed by atoms with Gasteiger partial charge in [0.2, 0.25) is 0 Å². The summed E-state index contributed by atoms with van der Waals surface area (Å²) >= 11 is 0. The van der Waals surface area contributed by atoms with Gasteiger partial charge in [0.1, 0.15) is 0 Å². The van der Waals surface area contributed by atoms with Crippen molar-refractivity contribution in [2.75, 3.05) is 0 Å². The molecule has 28 rings (SSSR count). The maximum absolute atomic E-state index is 2.47. The van der Waals surface area contributed by atoms with Gasteiger partial charge in [-0.2, -0.15) is 0 Å². The number of hydrogen-bond acceptors (Lipinski definition) is 0. The molecular weight excluding hydrogens is 1600 g/mol. The Morgan fingerprint density at radius 1 is 0.120 bits per heavy atom. The van der Waals surface area contributed by atoms with Crippen LogP contribution in [0.5, 0.6) is 0 Å². The molecule has 0 aliphatic heterocycles. The van der Waals surface area contributed by atoms with Gasteiger partial charge in [-0.25, -0.2) is 0 Å². The molecule has 0 aromatic heterocycles. The van der Waals surface area contributed by atoms with Crippen molar-refractivity contribution in [1.82, 2.24) is 0 Å². The van der Waals surface area contributed by atoms with Crippen LogP contribution in [0.4, 0.5) is 0 Å². The van der Waals surface area contributed by atoms with E-state index in [1.807, 2.05) is 0 Å². The van der Waals surface area contributed by atoms with E-state index in [9.17, 15) is 0 Å². The summed E-state index contributed by atoms with van der Waals surface area (Å²) in [4.78, 5) is 0. The third kappa shape index (κ3) is 12.7. The van der Waals surface area contributed by atoms with Gasteiger partial charge in [-0.15, -0.1) is 0 Å². The monoisotopic (exact) mass is 1680 g/mol. The average molecular weight is 1680 g/mol. The van der Waals surface area contributed by atoms with Crippen molar-refractivity contribution in [2.45, 2.75) is 19.3 Å². The fraction of sp³-hybridized carbons (Fsp3) is 0.0226. The molecule has 27 aromatic rings. The largest absolute Gasteiger partial charge is 0.0622 e. The zero-order chi connectivity index (χ0) is 87.9. The van der Waals surface area contributed by atoms with Crippen LogP contribution in [0.3, 0.4) is 0 Å².